The molecule has 0 aliphatic carbocycles. The minimum Gasteiger partial charge on any atom is -0.324 e. The van der Waals surface area contributed by atoms with Gasteiger partial charge in [-0.3, -0.25) is 4.79 Å². The van der Waals surface area contributed by atoms with Crippen molar-refractivity contribution in [1.82, 2.24) is 0 Å². The van der Waals surface area contributed by atoms with Crippen molar-refractivity contribution in [1.29, 1.82) is 0 Å². The lowest BCUT2D eigenvalue weighted by atomic mass is 9.86. The van der Waals surface area contributed by atoms with Crippen molar-refractivity contribution in [3.63, 3.8) is 0 Å². The van der Waals surface area contributed by atoms with Crippen LogP contribution in [-0.2, 0) is 10.2 Å². The van der Waals surface area contributed by atoms with Crippen molar-refractivity contribution in [2.24, 2.45) is 0 Å². The summed E-state index contributed by atoms with van der Waals surface area (Å²) < 4.78 is 0. The maximum atomic E-state index is 11.6. The molecule has 1 aromatic carbocycles. The lowest BCUT2D eigenvalue weighted by Gasteiger charge is -2.15. The second-order valence-electron chi connectivity index (χ2n) is 4.20. The molecule has 0 saturated heterocycles. The highest BCUT2D eigenvalue weighted by atomic mass is 35.5. The van der Waals surface area contributed by atoms with Gasteiger partial charge in [-0.1, -0.05) is 23.7 Å². The topological polar surface area (TPSA) is 29.1 Å². The number of benzene rings is 1. The molecule has 0 fully saturated rings. The van der Waals surface area contributed by atoms with Crippen LogP contribution in [0.3, 0.4) is 0 Å². The third kappa shape index (κ3) is 1.07. The Morgan fingerprint density at radius 2 is 2.00 bits per heavy atom. The third-order valence-electron chi connectivity index (χ3n) is 2.81. The molecule has 0 saturated carbocycles. The zero-order valence-electron chi connectivity index (χ0n) is 8.44. The third-order valence-corrected chi connectivity index (χ3v) is 3.30. The number of hydrogen-bond acceptors (Lipinski definition) is 1. The molecule has 1 aliphatic heterocycles. The summed E-state index contributed by atoms with van der Waals surface area (Å²) in [4.78, 5) is 11.6. The zero-order chi connectivity index (χ0) is 10.5. The number of fused-ring (bicyclic) bond motifs is 1. The number of hydrogen-bond donors (Lipinski definition) is 1. The van der Waals surface area contributed by atoms with E-state index in [0.717, 1.165) is 16.8 Å². The summed E-state index contributed by atoms with van der Waals surface area (Å²) in [6, 6.07) is 3.91. The van der Waals surface area contributed by atoms with Gasteiger partial charge in [0.25, 0.3) is 0 Å². The Hall–Kier alpha value is -1.02. The summed E-state index contributed by atoms with van der Waals surface area (Å²) in [6.45, 7) is 5.74. The Balaban J connectivity index is 2.70. The van der Waals surface area contributed by atoms with Crippen molar-refractivity contribution in [3.05, 3.63) is 28.3 Å². The highest BCUT2D eigenvalue weighted by molar-refractivity contribution is 6.35. The van der Waals surface area contributed by atoms with Crippen LogP contribution in [0.5, 0.6) is 0 Å². The molecule has 1 amide bonds. The number of carbonyl (C=O) groups excluding carboxylic acids is 1. The number of rotatable bonds is 0. The van der Waals surface area contributed by atoms with Crippen LogP contribution in [0.25, 0.3) is 0 Å². The van der Waals surface area contributed by atoms with Crippen LogP contribution in [0.1, 0.15) is 25.0 Å². The summed E-state index contributed by atoms with van der Waals surface area (Å²) in [5.41, 5.74) is 2.29. The van der Waals surface area contributed by atoms with E-state index in [4.69, 9.17) is 11.6 Å². The monoisotopic (exact) mass is 209 g/mol. The number of aryl methyl sites for hydroxylation is 1. The molecule has 2 nitrogen and oxygen atoms in total. The van der Waals surface area contributed by atoms with Crippen LogP contribution in [0.15, 0.2) is 12.1 Å². The number of amides is 1. The molecule has 0 bridgehead atoms. The van der Waals surface area contributed by atoms with Gasteiger partial charge in [-0.25, -0.2) is 0 Å². The van der Waals surface area contributed by atoms with Crippen molar-refractivity contribution >= 4 is 23.2 Å². The Morgan fingerprint density at radius 3 is 2.64 bits per heavy atom. The van der Waals surface area contributed by atoms with Gasteiger partial charge in [0.15, 0.2) is 0 Å². The summed E-state index contributed by atoms with van der Waals surface area (Å²) in [6.07, 6.45) is 0. The van der Waals surface area contributed by atoms with E-state index in [1.165, 1.54) is 0 Å². The molecule has 1 aliphatic rings. The summed E-state index contributed by atoms with van der Waals surface area (Å²) >= 11 is 6.12. The smallest absolute Gasteiger partial charge is 0.234 e. The predicted molar refractivity (Wildman–Crippen MR) is 57.8 cm³/mol. The van der Waals surface area contributed by atoms with Crippen LogP contribution in [0, 0.1) is 6.92 Å². The molecular weight excluding hydrogens is 198 g/mol. The van der Waals surface area contributed by atoms with E-state index in [0.29, 0.717) is 5.02 Å². The molecular formula is C11H12ClNO. The first-order valence-corrected chi connectivity index (χ1v) is 4.93. The molecule has 2 rings (SSSR count). The number of halogens is 1. The van der Waals surface area contributed by atoms with Gasteiger partial charge in [0, 0.05) is 0 Å². The van der Waals surface area contributed by atoms with Gasteiger partial charge in [0.1, 0.15) is 0 Å². The Labute approximate surface area is 88.3 Å². The highest BCUT2D eigenvalue weighted by Gasteiger charge is 2.39. The average Bonchev–Trinajstić information content (AvgIpc) is 2.33. The van der Waals surface area contributed by atoms with E-state index in [1.54, 1.807) is 0 Å². The van der Waals surface area contributed by atoms with Gasteiger partial charge >= 0.3 is 0 Å². The Bertz CT molecular complexity index is 424. The van der Waals surface area contributed by atoms with E-state index < -0.39 is 5.41 Å². The lowest BCUT2D eigenvalue weighted by Crippen LogP contribution is -2.26. The van der Waals surface area contributed by atoms with Gasteiger partial charge in [-0.05, 0) is 31.9 Å². The second kappa shape index (κ2) is 2.74. The Kier molecular flexibility index (Phi) is 1.86. The predicted octanol–water partition coefficient (Wildman–Crippen LogP) is 2.88. The van der Waals surface area contributed by atoms with Gasteiger partial charge in [-0.2, -0.15) is 0 Å². The normalized spacial score (nSPS) is 17.9. The molecule has 1 heterocycles. The van der Waals surface area contributed by atoms with Gasteiger partial charge in [0.2, 0.25) is 5.91 Å². The maximum Gasteiger partial charge on any atom is 0.234 e. The maximum absolute atomic E-state index is 11.6. The van der Waals surface area contributed by atoms with Crippen LogP contribution in [0.4, 0.5) is 5.69 Å². The summed E-state index contributed by atoms with van der Waals surface area (Å²) in [5.74, 6) is 0.0139. The summed E-state index contributed by atoms with van der Waals surface area (Å²) in [5, 5.41) is 3.48. The highest BCUT2D eigenvalue weighted by Crippen LogP contribution is 2.42. The molecule has 0 atom stereocenters. The molecule has 1 N–H and O–H groups in total. The van der Waals surface area contributed by atoms with E-state index in [9.17, 15) is 4.79 Å². The van der Waals surface area contributed by atoms with Gasteiger partial charge in [0.05, 0.1) is 16.1 Å². The molecule has 0 unspecified atom stereocenters. The first-order chi connectivity index (χ1) is 6.44. The second-order valence-corrected chi connectivity index (χ2v) is 4.58. The minimum atomic E-state index is -0.466. The first kappa shape index (κ1) is 9.53. The molecule has 0 spiro atoms. The average molecular weight is 210 g/mol. The number of anilines is 1. The fourth-order valence-electron chi connectivity index (χ4n) is 1.72. The van der Waals surface area contributed by atoms with E-state index in [-0.39, 0.29) is 5.91 Å². The van der Waals surface area contributed by atoms with E-state index in [2.05, 4.69) is 5.32 Å². The van der Waals surface area contributed by atoms with Crippen molar-refractivity contribution < 1.29 is 4.79 Å². The molecule has 1 aromatic rings. The fraction of sp³-hybridized carbons (Fsp3) is 0.364. The summed E-state index contributed by atoms with van der Waals surface area (Å²) in [7, 11) is 0. The largest absolute Gasteiger partial charge is 0.324 e. The Morgan fingerprint density at radius 1 is 1.36 bits per heavy atom. The number of nitrogens with one attached hydrogen (secondary N) is 1. The van der Waals surface area contributed by atoms with Gasteiger partial charge in [-0.15, -0.1) is 0 Å². The van der Waals surface area contributed by atoms with E-state index in [1.807, 2.05) is 32.9 Å². The minimum absolute atomic E-state index is 0.0139. The van der Waals surface area contributed by atoms with Crippen molar-refractivity contribution in [2.45, 2.75) is 26.2 Å². The quantitative estimate of drug-likeness (QED) is 0.700. The van der Waals surface area contributed by atoms with Crippen LogP contribution in [-0.4, -0.2) is 5.91 Å². The standard InChI is InChI=1S/C11H12ClNO/c1-6-4-5-7-9(8(6)12)13-10(14)11(7,2)3/h4-5H,1-3H3,(H,13,14). The van der Waals surface area contributed by atoms with Crippen LogP contribution in [0.2, 0.25) is 5.02 Å². The van der Waals surface area contributed by atoms with Crippen LogP contribution < -0.4 is 5.32 Å². The number of carbonyl (C=O) groups is 1. The lowest BCUT2D eigenvalue weighted by molar-refractivity contribution is -0.119. The first-order valence-electron chi connectivity index (χ1n) is 4.55. The molecule has 74 valence electrons. The van der Waals surface area contributed by atoms with E-state index >= 15 is 0 Å². The SMILES string of the molecule is Cc1ccc2c(c1Cl)NC(=O)C2(C)C. The molecule has 0 radical (unpaired) electrons. The van der Waals surface area contributed by atoms with Crippen LogP contribution >= 0.6 is 11.6 Å². The van der Waals surface area contributed by atoms with Crippen molar-refractivity contribution in [3.8, 4) is 0 Å². The molecule has 14 heavy (non-hydrogen) atoms. The fourth-order valence-corrected chi connectivity index (χ4v) is 1.93. The molecule has 3 heteroatoms. The van der Waals surface area contributed by atoms with Gasteiger partial charge < -0.3 is 5.32 Å². The zero-order valence-corrected chi connectivity index (χ0v) is 9.20. The van der Waals surface area contributed by atoms with Crippen molar-refractivity contribution in [2.75, 3.05) is 5.32 Å². The molecule has 0 aromatic heterocycles.